The van der Waals surface area contributed by atoms with Crippen molar-refractivity contribution in [1.82, 2.24) is 0 Å². The molecule has 0 bridgehead atoms. The average Bonchev–Trinajstić information content (AvgIpc) is 2.01. The summed E-state index contributed by atoms with van der Waals surface area (Å²) in [5, 5.41) is 15.8. The first kappa shape index (κ1) is 16.8. The van der Waals surface area contributed by atoms with Crippen molar-refractivity contribution in [3.63, 3.8) is 0 Å². The molecule has 0 amide bonds. The van der Waals surface area contributed by atoms with E-state index in [-0.39, 0.29) is 11.1 Å². The maximum atomic E-state index is 9.60. The van der Waals surface area contributed by atoms with Crippen LogP contribution < -0.4 is 0 Å². The second-order valence-electron chi connectivity index (χ2n) is 3.59. The molecular formula is C12H20O4. The van der Waals surface area contributed by atoms with Crippen molar-refractivity contribution in [3.8, 4) is 0 Å². The van der Waals surface area contributed by atoms with E-state index in [2.05, 4.69) is 13.2 Å². The molecule has 0 aromatic rings. The zero-order valence-corrected chi connectivity index (χ0v) is 9.95. The predicted molar refractivity (Wildman–Crippen MR) is 63.4 cm³/mol. The molecule has 1 saturated carbocycles. The highest BCUT2D eigenvalue weighted by Crippen LogP contribution is 2.15. The summed E-state index contributed by atoms with van der Waals surface area (Å²) >= 11 is 0. The second-order valence-corrected chi connectivity index (χ2v) is 3.59. The van der Waals surface area contributed by atoms with Crippen LogP contribution >= 0.6 is 0 Å². The van der Waals surface area contributed by atoms with Crippen LogP contribution in [0.25, 0.3) is 0 Å². The smallest absolute Gasteiger partial charge is 0.330 e. The van der Waals surface area contributed by atoms with E-state index in [0.717, 1.165) is 0 Å². The maximum absolute atomic E-state index is 9.60. The lowest BCUT2D eigenvalue weighted by molar-refractivity contribution is -0.133. The fourth-order valence-corrected chi connectivity index (χ4v) is 0.250. The molecule has 1 aliphatic rings. The van der Waals surface area contributed by atoms with Crippen LogP contribution in [0.4, 0.5) is 0 Å². The zero-order chi connectivity index (χ0) is 13.1. The molecule has 92 valence electrons. The molecule has 0 aliphatic heterocycles. The molecule has 0 unspecified atom stereocenters. The van der Waals surface area contributed by atoms with Crippen LogP contribution in [-0.2, 0) is 9.59 Å². The van der Waals surface area contributed by atoms with Crippen LogP contribution in [0.15, 0.2) is 24.3 Å². The van der Waals surface area contributed by atoms with Crippen molar-refractivity contribution in [3.05, 3.63) is 24.3 Å². The molecule has 0 aromatic heterocycles. The van der Waals surface area contributed by atoms with Crippen molar-refractivity contribution in [2.45, 2.75) is 39.5 Å². The van der Waals surface area contributed by atoms with Gasteiger partial charge in [0.2, 0.25) is 0 Å². The fourth-order valence-electron chi connectivity index (χ4n) is 0.250. The molecule has 4 heteroatoms. The normalized spacial score (nSPS) is 11.6. The predicted octanol–water partition coefficient (Wildman–Crippen LogP) is 2.85. The van der Waals surface area contributed by atoms with Crippen molar-refractivity contribution in [1.29, 1.82) is 0 Å². The number of aliphatic carboxylic acids is 2. The Hall–Kier alpha value is -1.58. The first-order valence-corrected chi connectivity index (χ1v) is 5.06. The van der Waals surface area contributed by atoms with Gasteiger partial charge in [0.1, 0.15) is 0 Å². The number of carboxylic acids is 2. The minimum absolute atomic E-state index is 0.176. The summed E-state index contributed by atoms with van der Waals surface area (Å²) < 4.78 is 0. The monoisotopic (exact) mass is 228 g/mol. The summed E-state index contributed by atoms with van der Waals surface area (Å²) in [6, 6.07) is 0. The zero-order valence-electron chi connectivity index (χ0n) is 9.95. The molecule has 1 aliphatic carbocycles. The summed E-state index contributed by atoms with van der Waals surface area (Å²) in [5.41, 5.74) is 0.352. The molecule has 2 N–H and O–H groups in total. The van der Waals surface area contributed by atoms with Gasteiger partial charge in [-0.2, -0.15) is 0 Å². The van der Waals surface area contributed by atoms with Gasteiger partial charge in [-0.05, 0) is 13.8 Å². The Kier molecular flexibility index (Phi) is 10.5. The minimum atomic E-state index is -0.935. The molecule has 0 spiro atoms. The summed E-state index contributed by atoms with van der Waals surface area (Å²) in [4.78, 5) is 19.2. The quantitative estimate of drug-likeness (QED) is 0.712. The summed E-state index contributed by atoms with van der Waals surface area (Å²) in [6.45, 7) is 9.20. The molecule has 1 rings (SSSR count). The summed E-state index contributed by atoms with van der Waals surface area (Å²) in [6.07, 6.45) is 6.00. The topological polar surface area (TPSA) is 74.6 Å². The lowest BCUT2D eigenvalue weighted by Crippen LogP contribution is -1.92. The first-order chi connectivity index (χ1) is 7.29. The standard InChI is InChI=1S/2C4H6O2.C4H8/c2*1-3(2)4(5)6;1-2-4-3-1/h2*1H2,2H3,(H,5,6);1-4H2. The third-order valence-corrected chi connectivity index (χ3v) is 1.73. The van der Waals surface area contributed by atoms with Crippen LogP contribution in [0.1, 0.15) is 39.5 Å². The second kappa shape index (κ2) is 9.96. The van der Waals surface area contributed by atoms with Gasteiger partial charge in [0.15, 0.2) is 0 Å². The van der Waals surface area contributed by atoms with Crippen LogP contribution in [0.2, 0.25) is 0 Å². The molecule has 1 fully saturated rings. The molecule has 0 saturated heterocycles. The van der Waals surface area contributed by atoms with Crippen LogP contribution in [0.3, 0.4) is 0 Å². The minimum Gasteiger partial charge on any atom is -0.478 e. The van der Waals surface area contributed by atoms with E-state index in [1.165, 1.54) is 39.5 Å². The van der Waals surface area contributed by atoms with Gasteiger partial charge in [-0.1, -0.05) is 38.8 Å². The van der Waals surface area contributed by atoms with Crippen LogP contribution in [-0.4, -0.2) is 22.2 Å². The first-order valence-electron chi connectivity index (χ1n) is 5.06. The van der Waals surface area contributed by atoms with Gasteiger partial charge in [0.25, 0.3) is 0 Å². The van der Waals surface area contributed by atoms with Crippen molar-refractivity contribution >= 4 is 11.9 Å². The van der Waals surface area contributed by atoms with Crippen LogP contribution in [0.5, 0.6) is 0 Å². The molecule has 0 heterocycles. The number of carbonyl (C=O) groups is 2. The summed E-state index contributed by atoms with van der Waals surface area (Å²) in [5.74, 6) is -1.87. The Morgan fingerprint density at radius 1 is 0.812 bits per heavy atom. The molecular weight excluding hydrogens is 208 g/mol. The third kappa shape index (κ3) is 14.9. The van der Waals surface area contributed by atoms with E-state index in [4.69, 9.17) is 10.2 Å². The number of carboxylic acid groups (broad SMARTS) is 2. The van der Waals surface area contributed by atoms with E-state index >= 15 is 0 Å². The van der Waals surface area contributed by atoms with Crippen molar-refractivity contribution in [2.75, 3.05) is 0 Å². The Morgan fingerprint density at radius 3 is 0.938 bits per heavy atom. The van der Waals surface area contributed by atoms with Gasteiger partial charge >= 0.3 is 11.9 Å². The van der Waals surface area contributed by atoms with Crippen LogP contribution in [0, 0.1) is 0 Å². The maximum Gasteiger partial charge on any atom is 0.330 e. The highest BCUT2D eigenvalue weighted by atomic mass is 16.4. The van der Waals surface area contributed by atoms with E-state index in [9.17, 15) is 9.59 Å². The number of hydrogen-bond acceptors (Lipinski definition) is 2. The van der Waals surface area contributed by atoms with E-state index in [1.807, 2.05) is 0 Å². The molecule has 16 heavy (non-hydrogen) atoms. The molecule has 4 nitrogen and oxygen atoms in total. The highest BCUT2D eigenvalue weighted by Gasteiger charge is 1.95. The van der Waals surface area contributed by atoms with Gasteiger partial charge in [-0.25, -0.2) is 9.59 Å². The van der Waals surface area contributed by atoms with Crippen molar-refractivity contribution in [2.24, 2.45) is 0 Å². The Morgan fingerprint density at radius 2 is 0.938 bits per heavy atom. The number of rotatable bonds is 2. The van der Waals surface area contributed by atoms with E-state index in [0.29, 0.717) is 0 Å². The van der Waals surface area contributed by atoms with Gasteiger partial charge in [-0.3, -0.25) is 0 Å². The fraction of sp³-hybridized carbons (Fsp3) is 0.500. The van der Waals surface area contributed by atoms with E-state index in [1.54, 1.807) is 0 Å². The lowest BCUT2D eigenvalue weighted by Gasteiger charge is -2.05. The highest BCUT2D eigenvalue weighted by molar-refractivity contribution is 5.85. The van der Waals surface area contributed by atoms with Gasteiger partial charge < -0.3 is 10.2 Å². The lowest BCUT2D eigenvalue weighted by atomic mass is 10.0. The Bertz CT molecular complexity index is 210. The van der Waals surface area contributed by atoms with Gasteiger partial charge in [0, 0.05) is 11.1 Å². The number of hydrogen-bond donors (Lipinski definition) is 2. The van der Waals surface area contributed by atoms with Crippen molar-refractivity contribution < 1.29 is 19.8 Å². The molecule has 0 radical (unpaired) electrons. The Labute approximate surface area is 96.3 Å². The van der Waals surface area contributed by atoms with Gasteiger partial charge in [0.05, 0.1) is 0 Å². The third-order valence-electron chi connectivity index (χ3n) is 1.73. The molecule has 0 aromatic carbocycles. The molecule has 0 atom stereocenters. The SMILES string of the molecule is C1CCC1.C=C(C)C(=O)O.C=C(C)C(=O)O. The average molecular weight is 228 g/mol. The summed E-state index contributed by atoms with van der Waals surface area (Å²) in [7, 11) is 0. The van der Waals surface area contributed by atoms with Gasteiger partial charge in [-0.15, -0.1) is 0 Å². The largest absolute Gasteiger partial charge is 0.478 e. The Balaban J connectivity index is 0. The van der Waals surface area contributed by atoms with E-state index < -0.39 is 11.9 Å².